The smallest absolute Gasteiger partial charge is 0.348 e. The first-order valence-electron chi connectivity index (χ1n) is 10.1. The summed E-state index contributed by atoms with van der Waals surface area (Å²) in [6.07, 6.45) is 0. The predicted molar refractivity (Wildman–Crippen MR) is 117 cm³/mol. The van der Waals surface area contributed by atoms with Gasteiger partial charge in [0.05, 0.1) is 35.2 Å². The van der Waals surface area contributed by atoms with Crippen LogP contribution in [0.15, 0.2) is 28.0 Å². The van der Waals surface area contributed by atoms with Crippen molar-refractivity contribution < 1.29 is 41.0 Å². The van der Waals surface area contributed by atoms with E-state index >= 15 is 0 Å². The van der Waals surface area contributed by atoms with E-state index in [1.807, 2.05) is 0 Å². The molecule has 12 heteroatoms. The lowest BCUT2D eigenvalue weighted by Crippen LogP contribution is -2.25. The fourth-order valence-electron chi connectivity index (χ4n) is 3.12. The fourth-order valence-corrected chi connectivity index (χ4v) is 4.09. The summed E-state index contributed by atoms with van der Waals surface area (Å²) in [5.41, 5.74) is -0.693. The molecule has 6 nitrogen and oxygen atoms in total. The number of hydrogen-bond donors (Lipinski definition) is 0. The highest BCUT2D eigenvalue weighted by Gasteiger charge is 2.32. The molecule has 0 aliphatic heterocycles. The summed E-state index contributed by atoms with van der Waals surface area (Å²) in [7, 11) is 2.70. The van der Waals surface area contributed by atoms with Gasteiger partial charge in [-0.2, -0.15) is 5.10 Å². The van der Waals surface area contributed by atoms with Gasteiger partial charge in [0, 0.05) is 0 Å². The van der Waals surface area contributed by atoms with Gasteiger partial charge < -0.3 is 14.2 Å². The molecule has 0 saturated heterocycles. The van der Waals surface area contributed by atoms with E-state index in [9.17, 15) is 26.7 Å². The number of para-hydroxylation sites is 1. The number of nitrogens with zero attached hydrogens (tertiary/aromatic N) is 2. The first kappa shape index (κ1) is 26.3. The first-order chi connectivity index (χ1) is 16.3. The summed E-state index contributed by atoms with van der Waals surface area (Å²) in [6, 6.07) is 4.49. The number of rotatable bonds is 6. The normalized spacial score (nSPS) is 11.5. The third-order valence-corrected chi connectivity index (χ3v) is 6.02. The molecular weight excluding hydrogens is 495 g/mol. The fraction of sp³-hybridized carbons (Fsp3) is 0.304. The van der Waals surface area contributed by atoms with E-state index in [2.05, 4.69) is 5.10 Å². The van der Waals surface area contributed by atoms with E-state index in [1.54, 1.807) is 26.8 Å². The van der Waals surface area contributed by atoms with Gasteiger partial charge in [0.25, 0.3) is 0 Å². The Hall–Kier alpha value is -3.28. The van der Waals surface area contributed by atoms with Crippen LogP contribution in [0, 0.1) is 36.0 Å². The number of ether oxygens (including phenoxy) is 3. The Bertz CT molecular complexity index is 1280. The number of carbonyl (C=O) groups excluding carboxylic acids is 1. The highest BCUT2D eigenvalue weighted by atomic mass is 32.2. The molecule has 188 valence electrons. The lowest BCUT2D eigenvalue weighted by atomic mass is 10.1. The maximum absolute atomic E-state index is 14.4. The summed E-state index contributed by atoms with van der Waals surface area (Å²) in [5, 5.41) is 4.28. The van der Waals surface area contributed by atoms with Gasteiger partial charge in [-0.15, -0.1) is 0 Å². The van der Waals surface area contributed by atoms with Crippen molar-refractivity contribution in [1.82, 2.24) is 9.78 Å². The zero-order valence-corrected chi connectivity index (χ0v) is 20.4. The van der Waals surface area contributed by atoms with E-state index in [-0.39, 0.29) is 45.3 Å². The average molecular weight is 516 g/mol. The SMILES string of the molecule is COc1cccc(C(=O)Oc2c(Sc3c(F)c(F)c(F)c(F)c3F)c(C)nn2C(C)(C)C)c1OC. The highest BCUT2D eigenvalue weighted by molar-refractivity contribution is 7.99. The van der Waals surface area contributed by atoms with E-state index in [0.717, 1.165) is 0 Å². The standard InChI is InChI=1S/C23H21F5N2O4S/c1-10-19(35-20-16(27)14(25)13(24)15(26)17(20)28)21(30(29-10)23(2,3)4)34-22(31)11-8-7-9-12(32-5)18(11)33-6/h7-9H,1-6H3. The molecule has 0 amide bonds. The van der Waals surface area contributed by atoms with Crippen molar-refractivity contribution in [1.29, 1.82) is 0 Å². The summed E-state index contributed by atoms with van der Waals surface area (Å²) in [5.74, 6) is -11.3. The van der Waals surface area contributed by atoms with Crippen molar-refractivity contribution in [3.63, 3.8) is 0 Å². The van der Waals surface area contributed by atoms with E-state index in [4.69, 9.17) is 14.2 Å². The molecule has 0 aliphatic rings. The van der Waals surface area contributed by atoms with Crippen molar-refractivity contribution in [2.24, 2.45) is 0 Å². The van der Waals surface area contributed by atoms with Crippen molar-refractivity contribution in [3.8, 4) is 17.4 Å². The molecule has 0 N–H and O–H groups in total. The Labute approximate surface area is 202 Å². The molecule has 0 radical (unpaired) electrons. The lowest BCUT2D eigenvalue weighted by molar-refractivity contribution is 0.0699. The molecule has 0 fully saturated rings. The van der Waals surface area contributed by atoms with Crippen LogP contribution in [0.4, 0.5) is 22.0 Å². The Morgan fingerprint density at radius 2 is 1.49 bits per heavy atom. The van der Waals surface area contributed by atoms with Crippen LogP contribution in [0.25, 0.3) is 0 Å². The molecule has 0 bridgehead atoms. The zero-order valence-electron chi connectivity index (χ0n) is 19.6. The molecule has 3 aromatic rings. The third-order valence-electron chi connectivity index (χ3n) is 4.79. The predicted octanol–water partition coefficient (Wildman–Crippen LogP) is 6.03. The quantitative estimate of drug-likeness (QED) is 0.173. The van der Waals surface area contributed by atoms with Gasteiger partial charge in [-0.1, -0.05) is 17.8 Å². The molecule has 0 aliphatic carbocycles. The van der Waals surface area contributed by atoms with Crippen LogP contribution in [0.1, 0.15) is 36.8 Å². The third kappa shape index (κ3) is 4.79. The summed E-state index contributed by atoms with van der Waals surface area (Å²) in [4.78, 5) is 11.8. The number of esters is 1. The van der Waals surface area contributed by atoms with Gasteiger partial charge in [-0.05, 0) is 39.8 Å². The lowest BCUT2D eigenvalue weighted by Gasteiger charge is -2.22. The number of methoxy groups -OCH3 is 2. The first-order valence-corrected chi connectivity index (χ1v) is 10.9. The minimum absolute atomic E-state index is 0.0293. The number of carbonyl (C=O) groups is 1. The van der Waals surface area contributed by atoms with Gasteiger partial charge in [-0.25, -0.2) is 31.4 Å². The number of hydrogen-bond acceptors (Lipinski definition) is 6. The molecule has 1 heterocycles. The second kappa shape index (κ2) is 9.76. The number of aromatic nitrogens is 2. The van der Waals surface area contributed by atoms with E-state index in [1.165, 1.54) is 38.0 Å². The Morgan fingerprint density at radius 3 is 2.00 bits per heavy atom. The number of benzene rings is 2. The summed E-state index contributed by atoms with van der Waals surface area (Å²) < 4.78 is 87.2. The van der Waals surface area contributed by atoms with Crippen LogP contribution in [0.2, 0.25) is 0 Å². The van der Waals surface area contributed by atoms with Gasteiger partial charge in [0.15, 0.2) is 34.8 Å². The van der Waals surface area contributed by atoms with Gasteiger partial charge in [0.2, 0.25) is 11.7 Å². The average Bonchev–Trinajstić information content (AvgIpc) is 3.13. The Kier molecular flexibility index (Phi) is 7.34. The number of halogens is 5. The van der Waals surface area contributed by atoms with Crippen LogP contribution in [-0.4, -0.2) is 30.0 Å². The topological polar surface area (TPSA) is 62.6 Å². The maximum atomic E-state index is 14.4. The summed E-state index contributed by atoms with van der Waals surface area (Å²) >= 11 is 0.210. The van der Waals surface area contributed by atoms with Gasteiger partial charge in [0.1, 0.15) is 5.56 Å². The number of aryl methyl sites for hydroxylation is 1. The Balaban J connectivity index is 2.16. The van der Waals surface area contributed by atoms with Crippen LogP contribution >= 0.6 is 11.8 Å². The molecule has 1 aromatic heterocycles. The van der Waals surface area contributed by atoms with E-state index < -0.39 is 45.5 Å². The zero-order chi connectivity index (χ0) is 26.2. The second-order valence-electron chi connectivity index (χ2n) is 8.23. The van der Waals surface area contributed by atoms with Gasteiger partial charge >= 0.3 is 5.97 Å². The minimum Gasteiger partial charge on any atom is -0.493 e. The van der Waals surface area contributed by atoms with E-state index in [0.29, 0.717) is 0 Å². The highest BCUT2D eigenvalue weighted by Crippen LogP contribution is 2.43. The summed E-state index contributed by atoms with van der Waals surface area (Å²) in [6.45, 7) is 6.60. The van der Waals surface area contributed by atoms with Crippen LogP contribution in [0.3, 0.4) is 0 Å². The monoisotopic (exact) mass is 516 g/mol. The van der Waals surface area contributed by atoms with Crippen molar-refractivity contribution >= 4 is 17.7 Å². The molecule has 0 spiro atoms. The van der Waals surface area contributed by atoms with Crippen molar-refractivity contribution in [2.75, 3.05) is 14.2 Å². The second-order valence-corrected chi connectivity index (χ2v) is 9.25. The van der Waals surface area contributed by atoms with Gasteiger partial charge in [-0.3, -0.25) is 0 Å². The van der Waals surface area contributed by atoms with Crippen LogP contribution in [-0.2, 0) is 5.54 Å². The molecule has 35 heavy (non-hydrogen) atoms. The van der Waals surface area contributed by atoms with Crippen molar-refractivity contribution in [2.45, 2.75) is 43.0 Å². The minimum atomic E-state index is -2.27. The van der Waals surface area contributed by atoms with Crippen LogP contribution in [0.5, 0.6) is 17.4 Å². The molecule has 0 unspecified atom stereocenters. The maximum Gasteiger partial charge on any atom is 0.348 e. The molecule has 3 rings (SSSR count). The molecular formula is C23H21F5N2O4S. The molecule has 0 saturated carbocycles. The van der Waals surface area contributed by atoms with Crippen LogP contribution < -0.4 is 14.2 Å². The van der Waals surface area contributed by atoms with Crippen molar-refractivity contribution in [3.05, 3.63) is 58.5 Å². The molecule has 0 atom stereocenters. The molecule has 2 aromatic carbocycles. The largest absolute Gasteiger partial charge is 0.493 e. The Morgan fingerprint density at radius 1 is 0.914 bits per heavy atom.